The zero-order chi connectivity index (χ0) is 2.00. The molecule has 0 aromatic rings. The predicted octanol–water partition coefficient (Wildman–Crippen LogP) is 3.38. The lowest BCUT2D eigenvalue weighted by molar-refractivity contribution is 2.40. The zero-order valence-electron chi connectivity index (χ0n) is 1.58. The van der Waals surface area contributed by atoms with Gasteiger partial charge in [-0.05, 0) is 0 Å². The standard InChI is InChI=1S/CH3B.5CH4/c1-2;;;;;/h1H3;5*1H4. The van der Waals surface area contributed by atoms with Gasteiger partial charge in [0.2, 0.25) is 0 Å². The molecule has 2 radical (unpaired) electrons. The molecule has 0 atom stereocenters. The third-order valence-electron chi connectivity index (χ3n) is 0. The van der Waals surface area contributed by atoms with E-state index in [9.17, 15) is 0 Å². The zero-order valence-corrected chi connectivity index (χ0v) is 1.58. The van der Waals surface area contributed by atoms with Gasteiger partial charge >= 0.3 is 0 Å². The monoisotopic (exact) mass is 106 g/mol. The van der Waals surface area contributed by atoms with Crippen LogP contribution in [0.4, 0.5) is 0 Å². The summed E-state index contributed by atoms with van der Waals surface area (Å²) < 4.78 is 0. The second-order valence-corrected chi connectivity index (χ2v) is 0. The maximum atomic E-state index is 4.50. The molecule has 50 valence electrons. The van der Waals surface area contributed by atoms with Gasteiger partial charge in [0, 0.05) is 0 Å². The average Bonchev–Trinajstić information content (AvgIpc) is 1.00. The maximum Gasteiger partial charge on any atom is 0.0606 e. The molecular formula is C6H23B. The summed E-state index contributed by atoms with van der Waals surface area (Å²) >= 11 is 0. The van der Waals surface area contributed by atoms with Gasteiger partial charge in [0.1, 0.15) is 0 Å². The smallest absolute Gasteiger partial charge is 0.0606 e. The van der Waals surface area contributed by atoms with Gasteiger partial charge in [0.25, 0.3) is 0 Å². The lowest BCUT2D eigenvalue weighted by Crippen LogP contribution is -1.13. The van der Waals surface area contributed by atoms with Crippen molar-refractivity contribution >= 4 is 7.85 Å². The van der Waals surface area contributed by atoms with Crippen LogP contribution in [0, 0.1) is 0 Å². The van der Waals surface area contributed by atoms with Crippen LogP contribution in [0.1, 0.15) is 37.1 Å². The first-order valence-corrected chi connectivity index (χ1v) is 0.577. The van der Waals surface area contributed by atoms with Crippen molar-refractivity contribution in [1.82, 2.24) is 0 Å². The SMILES string of the molecule is C.C.C.C.C.[B]C. The fourth-order valence-electron chi connectivity index (χ4n) is 0. The van der Waals surface area contributed by atoms with E-state index in [1.165, 1.54) is 6.82 Å². The van der Waals surface area contributed by atoms with Crippen LogP contribution in [0.5, 0.6) is 0 Å². The Bertz CT molecular complexity index is 4.14. The van der Waals surface area contributed by atoms with Crippen LogP contribution < -0.4 is 0 Å². The molecule has 0 saturated carbocycles. The van der Waals surface area contributed by atoms with Crippen molar-refractivity contribution in [3.8, 4) is 0 Å². The first-order chi connectivity index (χ1) is 1.00. The lowest BCUT2D eigenvalue weighted by Gasteiger charge is -1.02. The van der Waals surface area contributed by atoms with Crippen molar-refractivity contribution in [2.75, 3.05) is 0 Å². The van der Waals surface area contributed by atoms with Gasteiger partial charge < -0.3 is 0 Å². The molecule has 0 aromatic carbocycles. The third kappa shape index (κ3) is 23800. The molecule has 0 bridgehead atoms. The first-order valence-electron chi connectivity index (χ1n) is 0.577. The van der Waals surface area contributed by atoms with Crippen LogP contribution in [0.25, 0.3) is 0 Å². The van der Waals surface area contributed by atoms with Crippen LogP contribution in [0.3, 0.4) is 0 Å². The molecule has 0 unspecified atom stereocenters. The Kier molecular flexibility index (Phi) is 1210000. The number of hydrogen-bond donors (Lipinski definition) is 0. The third-order valence-corrected chi connectivity index (χ3v) is 0. The second kappa shape index (κ2) is 36900. The van der Waals surface area contributed by atoms with Crippen molar-refractivity contribution in [2.45, 2.75) is 44.0 Å². The molecular weight excluding hydrogens is 82.9 g/mol. The Balaban J connectivity index is -0.000000000500. The summed E-state index contributed by atoms with van der Waals surface area (Å²) in [6.45, 7) is 1.50. The Morgan fingerprint density at radius 1 is 0.571 bits per heavy atom. The largest absolute Gasteiger partial charge is 0.0999 e. The van der Waals surface area contributed by atoms with Crippen LogP contribution in [0.2, 0.25) is 6.82 Å². The number of hydrogen-bond acceptors (Lipinski definition) is 0. The fourth-order valence-corrected chi connectivity index (χ4v) is 0. The highest BCUT2D eigenvalue weighted by Gasteiger charge is 0.984. The van der Waals surface area contributed by atoms with Crippen molar-refractivity contribution in [3.05, 3.63) is 0 Å². The molecule has 0 heterocycles. The molecule has 0 saturated heterocycles. The predicted molar refractivity (Wildman–Crippen MR) is 45.3 cm³/mol. The fraction of sp³-hybridized carbons (Fsp3) is 1.00. The van der Waals surface area contributed by atoms with E-state index in [4.69, 9.17) is 0 Å². The summed E-state index contributed by atoms with van der Waals surface area (Å²) in [4.78, 5) is 0. The Hall–Kier alpha value is 0.0649. The van der Waals surface area contributed by atoms with Crippen LogP contribution in [0.15, 0.2) is 0 Å². The second-order valence-electron chi connectivity index (χ2n) is 0. The summed E-state index contributed by atoms with van der Waals surface area (Å²) in [7, 11) is 4.50. The molecule has 0 aromatic heterocycles. The summed E-state index contributed by atoms with van der Waals surface area (Å²) in [5.74, 6) is 0. The van der Waals surface area contributed by atoms with Crippen LogP contribution in [-0.4, -0.2) is 7.85 Å². The molecule has 1 heteroatoms. The van der Waals surface area contributed by atoms with E-state index in [0.717, 1.165) is 0 Å². The van der Waals surface area contributed by atoms with Gasteiger partial charge in [-0.15, -0.1) is 0 Å². The molecule has 0 amide bonds. The van der Waals surface area contributed by atoms with Gasteiger partial charge in [-0.2, -0.15) is 0 Å². The minimum atomic E-state index is 0. The Morgan fingerprint density at radius 3 is 0.571 bits per heavy atom. The van der Waals surface area contributed by atoms with Crippen molar-refractivity contribution < 1.29 is 0 Å². The molecule has 0 N–H and O–H groups in total. The molecule has 0 nitrogen and oxygen atoms in total. The quantitative estimate of drug-likeness (QED) is 0.415. The molecule has 0 aliphatic heterocycles. The van der Waals surface area contributed by atoms with Crippen LogP contribution in [-0.2, 0) is 0 Å². The Labute approximate surface area is 52.7 Å². The van der Waals surface area contributed by atoms with Crippen molar-refractivity contribution in [1.29, 1.82) is 0 Å². The molecule has 0 aliphatic carbocycles. The average molecular weight is 106 g/mol. The molecule has 0 fully saturated rings. The van der Waals surface area contributed by atoms with Gasteiger partial charge in [-0.1, -0.05) is 44.0 Å². The molecule has 0 spiro atoms. The maximum absolute atomic E-state index is 4.50. The summed E-state index contributed by atoms with van der Waals surface area (Å²) in [6.07, 6.45) is 0. The van der Waals surface area contributed by atoms with E-state index in [0.29, 0.717) is 0 Å². The van der Waals surface area contributed by atoms with E-state index in [2.05, 4.69) is 7.85 Å². The molecule has 0 rings (SSSR count). The lowest BCUT2D eigenvalue weighted by atomic mass is 10.2. The normalized spacial score (nSPS) is 0.714. The summed E-state index contributed by atoms with van der Waals surface area (Å²) in [5, 5.41) is 0. The van der Waals surface area contributed by atoms with E-state index in [-0.39, 0.29) is 37.1 Å². The van der Waals surface area contributed by atoms with Crippen LogP contribution >= 0.6 is 0 Å². The highest BCUT2D eigenvalue weighted by atomic mass is 12.6. The molecule has 0 aliphatic rings. The number of rotatable bonds is 0. The minimum Gasteiger partial charge on any atom is -0.0999 e. The van der Waals surface area contributed by atoms with Gasteiger partial charge in [-0.3, -0.25) is 0 Å². The van der Waals surface area contributed by atoms with E-state index < -0.39 is 0 Å². The van der Waals surface area contributed by atoms with E-state index in [1.807, 2.05) is 0 Å². The highest BCUT2D eigenvalue weighted by Crippen LogP contribution is 0.960. The summed E-state index contributed by atoms with van der Waals surface area (Å²) in [6, 6.07) is 0. The first kappa shape index (κ1) is 229. The Morgan fingerprint density at radius 2 is 0.571 bits per heavy atom. The van der Waals surface area contributed by atoms with E-state index in [1.54, 1.807) is 0 Å². The van der Waals surface area contributed by atoms with Gasteiger partial charge in [0.05, 0.1) is 7.85 Å². The van der Waals surface area contributed by atoms with Crippen molar-refractivity contribution in [2.24, 2.45) is 0 Å². The summed E-state index contributed by atoms with van der Waals surface area (Å²) in [5.41, 5.74) is 0. The minimum absolute atomic E-state index is 0. The topological polar surface area (TPSA) is 0 Å². The van der Waals surface area contributed by atoms with Gasteiger partial charge in [0.15, 0.2) is 0 Å². The van der Waals surface area contributed by atoms with Crippen molar-refractivity contribution in [3.63, 3.8) is 0 Å². The van der Waals surface area contributed by atoms with E-state index >= 15 is 0 Å². The highest BCUT2D eigenvalue weighted by molar-refractivity contribution is 6.05. The molecule has 7 heavy (non-hydrogen) atoms. The van der Waals surface area contributed by atoms with Gasteiger partial charge in [-0.25, -0.2) is 0 Å².